The molecule has 8 heteroatoms. The van der Waals surface area contributed by atoms with Crippen molar-refractivity contribution in [1.29, 1.82) is 0 Å². The normalized spacial score (nSPS) is 15.4. The molecule has 0 radical (unpaired) electrons. The van der Waals surface area contributed by atoms with E-state index in [1.165, 1.54) is 28.8 Å². The van der Waals surface area contributed by atoms with Crippen LogP contribution in [0.1, 0.15) is 16.7 Å². The lowest BCUT2D eigenvalue weighted by atomic mass is 10.1. The molecule has 162 valence electrons. The summed E-state index contributed by atoms with van der Waals surface area (Å²) < 4.78 is 31.3. The molecule has 1 aliphatic heterocycles. The molecule has 0 aromatic heterocycles. The van der Waals surface area contributed by atoms with E-state index in [2.05, 4.69) is 0 Å². The number of hydrogen-bond acceptors (Lipinski definition) is 6. The van der Waals surface area contributed by atoms with Gasteiger partial charge in [0.1, 0.15) is 15.0 Å². The van der Waals surface area contributed by atoms with E-state index in [0.717, 1.165) is 11.1 Å². The highest BCUT2D eigenvalue weighted by Gasteiger charge is 2.32. The zero-order chi connectivity index (χ0) is 22.7. The van der Waals surface area contributed by atoms with Crippen LogP contribution in [0.25, 0.3) is 6.08 Å². The highest BCUT2D eigenvalue weighted by molar-refractivity contribution is 8.26. The Morgan fingerprint density at radius 1 is 1.00 bits per heavy atom. The Kier molecular flexibility index (Phi) is 6.45. The molecule has 32 heavy (non-hydrogen) atoms. The van der Waals surface area contributed by atoms with E-state index >= 15 is 0 Å². The fraction of sp³-hybridized carbons (Fsp3) is 0.0833. The molecule has 1 saturated heterocycles. The Morgan fingerprint density at radius 2 is 1.66 bits per heavy atom. The second-order valence-corrected chi connectivity index (χ2v) is 10.4. The largest absolute Gasteiger partial charge is 0.378 e. The Hall–Kier alpha value is -2.94. The number of thioether (sulfide) groups is 1. The Balaban J connectivity index is 1.63. The summed E-state index contributed by atoms with van der Waals surface area (Å²) >= 11 is 6.61. The third-order valence-electron chi connectivity index (χ3n) is 4.74. The number of carbonyl (C=O) groups is 1. The van der Waals surface area contributed by atoms with E-state index in [0.29, 0.717) is 21.3 Å². The van der Waals surface area contributed by atoms with Gasteiger partial charge in [0.15, 0.2) is 0 Å². The van der Waals surface area contributed by atoms with Crippen LogP contribution in [-0.4, -0.2) is 23.5 Å². The third-order valence-corrected chi connectivity index (χ3v) is 7.37. The second-order valence-electron chi connectivity index (χ2n) is 7.15. The van der Waals surface area contributed by atoms with E-state index in [1.807, 2.05) is 37.3 Å². The first-order chi connectivity index (χ1) is 15.3. The third kappa shape index (κ3) is 4.93. The van der Waals surface area contributed by atoms with Gasteiger partial charge in [-0.1, -0.05) is 84.1 Å². The highest BCUT2D eigenvalue weighted by Crippen LogP contribution is 2.36. The first kappa shape index (κ1) is 22.3. The lowest BCUT2D eigenvalue weighted by Crippen LogP contribution is -2.27. The van der Waals surface area contributed by atoms with Crippen molar-refractivity contribution in [1.82, 2.24) is 4.90 Å². The molecule has 3 aromatic carbocycles. The van der Waals surface area contributed by atoms with E-state index in [-0.39, 0.29) is 16.6 Å². The number of hydrogen-bond donors (Lipinski definition) is 0. The topological polar surface area (TPSA) is 63.7 Å². The van der Waals surface area contributed by atoms with Gasteiger partial charge < -0.3 is 4.18 Å². The van der Waals surface area contributed by atoms with Crippen LogP contribution < -0.4 is 4.18 Å². The summed E-state index contributed by atoms with van der Waals surface area (Å²) in [6, 6.07) is 22.7. The molecule has 3 aromatic rings. The summed E-state index contributed by atoms with van der Waals surface area (Å²) in [4.78, 5) is 15.0. The monoisotopic (exact) mass is 481 g/mol. The van der Waals surface area contributed by atoms with Gasteiger partial charge in [0.25, 0.3) is 5.91 Å². The van der Waals surface area contributed by atoms with Crippen LogP contribution in [0.2, 0.25) is 0 Å². The van der Waals surface area contributed by atoms with E-state index < -0.39 is 10.1 Å². The summed E-state index contributed by atoms with van der Waals surface area (Å²) in [7, 11) is -4.02. The predicted molar refractivity (Wildman–Crippen MR) is 131 cm³/mol. The van der Waals surface area contributed by atoms with Gasteiger partial charge in [-0.05, 0) is 42.8 Å². The van der Waals surface area contributed by atoms with Crippen LogP contribution in [0.4, 0.5) is 0 Å². The Morgan fingerprint density at radius 3 is 2.34 bits per heavy atom. The summed E-state index contributed by atoms with van der Waals surface area (Å²) in [5.41, 5.74) is 2.36. The van der Waals surface area contributed by atoms with Crippen LogP contribution in [0.5, 0.6) is 5.75 Å². The molecule has 0 N–H and O–H groups in total. The van der Waals surface area contributed by atoms with Crippen LogP contribution in [0.3, 0.4) is 0 Å². The van der Waals surface area contributed by atoms with Gasteiger partial charge in [-0.15, -0.1) is 0 Å². The van der Waals surface area contributed by atoms with Crippen molar-refractivity contribution in [3.05, 3.63) is 100 Å². The van der Waals surface area contributed by atoms with Crippen molar-refractivity contribution >= 4 is 50.4 Å². The van der Waals surface area contributed by atoms with E-state index in [1.54, 1.807) is 42.5 Å². The molecular weight excluding hydrogens is 462 g/mol. The van der Waals surface area contributed by atoms with Crippen molar-refractivity contribution in [2.24, 2.45) is 0 Å². The van der Waals surface area contributed by atoms with Gasteiger partial charge in [-0.3, -0.25) is 9.69 Å². The molecule has 1 heterocycles. The lowest BCUT2D eigenvalue weighted by molar-refractivity contribution is -0.122. The molecule has 0 spiro atoms. The number of benzene rings is 3. The smallest absolute Gasteiger partial charge is 0.339 e. The van der Waals surface area contributed by atoms with Gasteiger partial charge in [0.2, 0.25) is 0 Å². The second kappa shape index (κ2) is 9.28. The van der Waals surface area contributed by atoms with Crippen molar-refractivity contribution in [3.8, 4) is 5.75 Å². The maximum atomic E-state index is 13.0. The number of carbonyl (C=O) groups excluding carboxylic acids is 1. The first-order valence-corrected chi connectivity index (χ1v) is 12.4. The van der Waals surface area contributed by atoms with Gasteiger partial charge >= 0.3 is 10.1 Å². The minimum absolute atomic E-state index is 0.0562. The molecule has 0 unspecified atom stereocenters. The SMILES string of the molecule is Cc1ccc(OS(=O)(=O)c2ccccc2)c(C=C2SC(=S)N(Cc3ccccc3)C2=O)c1. The average Bonchev–Trinajstić information content (AvgIpc) is 3.04. The Labute approximate surface area is 196 Å². The fourth-order valence-corrected chi connectivity index (χ4v) is 5.37. The van der Waals surface area contributed by atoms with E-state index in [9.17, 15) is 13.2 Å². The standard InChI is InChI=1S/C24H19NO4S3/c1-17-12-13-21(29-32(27,28)20-10-6-3-7-11-20)19(14-17)15-22-23(26)25(24(30)31-22)16-18-8-4-2-5-9-18/h2-15H,16H2,1H3. The van der Waals surface area contributed by atoms with Gasteiger partial charge in [-0.2, -0.15) is 8.42 Å². The molecule has 4 rings (SSSR count). The van der Waals surface area contributed by atoms with Crippen molar-refractivity contribution < 1.29 is 17.4 Å². The fourth-order valence-electron chi connectivity index (χ4n) is 3.15. The number of aryl methyl sites for hydroxylation is 1. The molecule has 0 aliphatic carbocycles. The van der Waals surface area contributed by atoms with Crippen LogP contribution >= 0.6 is 24.0 Å². The van der Waals surface area contributed by atoms with Crippen LogP contribution in [0.15, 0.2) is 88.7 Å². The summed E-state index contributed by atoms with van der Waals surface area (Å²) in [6.45, 7) is 2.26. The zero-order valence-corrected chi connectivity index (χ0v) is 19.5. The molecule has 0 bridgehead atoms. The molecule has 1 aliphatic rings. The Bertz CT molecular complexity index is 1300. The van der Waals surface area contributed by atoms with Gasteiger partial charge in [0, 0.05) is 5.56 Å². The van der Waals surface area contributed by atoms with Crippen molar-refractivity contribution in [2.75, 3.05) is 0 Å². The lowest BCUT2D eigenvalue weighted by Gasteiger charge is -2.14. The zero-order valence-electron chi connectivity index (χ0n) is 17.1. The summed E-state index contributed by atoms with van der Waals surface area (Å²) in [6.07, 6.45) is 1.63. The maximum Gasteiger partial charge on any atom is 0.339 e. The van der Waals surface area contributed by atoms with Crippen molar-refractivity contribution in [3.63, 3.8) is 0 Å². The van der Waals surface area contributed by atoms with Gasteiger partial charge in [0.05, 0.1) is 11.4 Å². The predicted octanol–water partition coefficient (Wildman–Crippen LogP) is 5.16. The maximum absolute atomic E-state index is 13.0. The van der Waals surface area contributed by atoms with Gasteiger partial charge in [-0.25, -0.2) is 0 Å². The number of rotatable bonds is 6. The molecule has 1 amide bonds. The minimum Gasteiger partial charge on any atom is -0.378 e. The first-order valence-electron chi connectivity index (χ1n) is 9.73. The van der Waals surface area contributed by atoms with E-state index in [4.69, 9.17) is 16.4 Å². The summed E-state index contributed by atoms with van der Waals surface area (Å²) in [5.74, 6) is -0.0741. The number of thiocarbonyl (C=S) groups is 1. The highest BCUT2D eigenvalue weighted by atomic mass is 32.2. The molecular formula is C24H19NO4S3. The molecule has 0 atom stereocenters. The van der Waals surface area contributed by atoms with Crippen LogP contribution in [0, 0.1) is 6.92 Å². The average molecular weight is 482 g/mol. The van der Waals surface area contributed by atoms with Crippen LogP contribution in [-0.2, 0) is 21.5 Å². The van der Waals surface area contributed by atoms with Crippen molar-refractivity contribution in [2.45, 2.75) is 18.4 Å². The molecule has 1 fully saturated rings. The quantitative estimate of drug-likeness (QED) is 0.275. The minimum atomic E-state index is -4.02. The number of amides is 1. The summed E-state index contributed by atoms with van der Waals surface area (Å²) in [5, 5.41) is 0. The molecule has 5 nitrogen and oxygen atoms in total. The molecule has 0 saturated carbocycles. The number of nitrogens with zero attached hydrogens (tertiary/aromatic N) is 1.